The number of fused-ring (bicyclic) bond motifs is 4. The summed E-state index contributed by atoms with van der Waals surface area (Å²) in [5.41, 5.74) is 2.17. The summed E-state index contributed by atoms with van der Waals surface area (Å²) < 4.78 is 47.0. The first kappa shape index (κ1) is 29.8. The Morgan fingerprint density at radius 3 is 2.37 bits per heavy atom. The number of aromatic hydroxyl groups is 1. The molecule has 5 aliphatic rings. The molecular weight excluding hydrogens is 620 g/mol. The fourth-order valence-electron chi connectivity index (χ4n) is 7.69. The number of carbonyl (C=O) groups excluding carboxylic acids is 1. The van der Waals surface area contributed by atoms with Gasteiger partial charge in [-0.05, 0) is 58.8 Å². The lowest BCUT2D eigenvalue weighted by molar-refractivity contribution is -0.297. The number of hydrogen-bond acceptors (Lipinski definition) is 13. The van der Waals surface area contributed by atoms with Crippen molar-refractivity contribution in [2.24, 2.45) is 17.8 Å². The van der Waals surface area contributed by atoms with Crippen molar-refractivity contribution in [2.45, 2.75) is 49.1 Å². The Balaban J connectivity index is 1.16. The van der Waals surface area contributed by atoms with Gasteiger partial charge in [-0.15, -0.1) is 11.3 Å². The van der Waals surface area contributed by atoms with E-state index in [0.717, 1.165) is 16.0 Å². The fraction of sp³-hybridized carbons (Fsp3) is 0.485. The van der Waals surface area contributed by atoms with E-state index in [-0.39, 0.29) is 36.6 Å². The van der Waals surface area contributed by atoms with Crippen LogP contribution in [0.1, 0.15) is 46.3 Å². The van der Waals surface area contributed by atoms with Crippen LogP contribution in [0.25, 0.3) is 0 Å². The van der Waals surface area contributed by atoms with Gasteiger partial charge in [0.05, 0.1) is 56.5 Å². The van der Waals surface area contributed by atoms with Gasteiger partial charge < -0.3 is 53.2 Å². The minimum atomic E-state index is -1.25. The van der Waals surface area contributed by atoms with E-state index in [4.69, 9.17) is 37.9 Å². The molecule has 0 spiro atoms. The highest BCUT2D eigenvalue weighted by atomic mass is 32.1. The quantitative estimate of drug-likeness (QED) is 0.334. The van der Waals surface area contributed by atoms with Crippen LogP contribution in [0.3, 0.4) is 0 Å². The number of aliphatic hydroxyl groups excluding tert-OH is 2. The molecule has 10 atom stereocenters. The van der Waals surface area contributed by atoms with Gasteiger partial charge >= 0.3 is 5.97 Å². The Morgan fingerprint density at radius 2 is 1.67 bits per heavy atom. The number of phenols is 1. The van der Waals surface area contributed by atoms with E-state index in [2.05, 4.69) is 0 Å². The number of aliphatic hydroxyl groups is 2. The lowest BCUT2D eigenvalue weighted by atomic mass is 9.66. The van der Waals surface area contributed by atoms with Crippen LogP contribution in [0.2, 0.25) is 0 Å². The molecule has 3 fully saturated rings. The Hall–Kier alpha value is -3.59. The van der Waals surface area contributed by atoms with E-state index in [9.17, 15) is 20.1 Å². The lowest BCUT2D eigenvalue weighted by Crippen LogP contribution is -2.58. The van der Waals surface area contributed by atoms with Gasteiger partial charge in [0, 0.05) is 17.8 Å². The molecular formula is C33H34O12S. The first-order valence-electron chi connectivity index (χ1n) is 15.2. The molecule has 13 heteroatoms. The van der Waals surface area contributed by atoms with Crippen molar-refractivity contribution < 1.29 is 58.0 Å². The first-order valence-corrected chi connectivity index (χ1v) is 16.1. The summed E-state index contributed by atoms with van der Waals surface area (Å²) >= 11 is 1.50. The molecule has 46 heavy (non-hydrogen) atoms. The number of rotatable bonds is 6. The van der Waals surface area contributed by atoms with Crippen molar-refractivity contribution in [3.05, 3.63) is 63.3 Å². The van der Waals surface area contributed by atoms with Gasteiger partial charge in [-0.25, -0.2) is 0 Å². The van der Waals surface area contributed by atoms with E-state index in [1.54, 1.807) is 12.1 Å². The van der Waals surface area contributed by atoms with Crippen LogP contribution in [-0.2, 0) is 23.7 Å². The maximum atomic E-state index is 13.5. The monoisotopic (exact) mass is 654 g/mol. The molecule has 2 saturated heterocycles. The zero-order valence-electron chi connectivity index (χ0n) is 25.1. The van der Waals surface area contributed by atoms with Crippen LogP contribution in [0.5, 0.6) is 28.7 Å². The number of methoxy groups -OCH3 is 2. The van der Waals surface area contributed by atoms with Gasteiger partial charge in [0.1, 0.15) is 12.2 Å². The van der Waals surface area contributed by atoms with Gasteiger partial charge in [-0.1, -0.05) is 6.07 Å². The molecule has 1 aromatic heterocycles. The second kappa shape index (κ2) is 11.6. The SMILES string of the molecule is COc1cc([C@@H]2c3cc4c(cc3[C@@H](OC3C[C@@H]5CO[C@@H](c6cccs6)O[C@H]5[C@H](O)[C@H]3O)[C@H]3COC(=O)[C@H]23)OCO4)cc(OC)c1O. The molecule has 2 aromatic carbocycles. The first-order chi connectivity index (χ1) is 22.4. The summed E-state index contributed by atoms with van der Waals surface area (Å²) in [6.45, 7) is 0.474. The van der Waals surface area contributed by atoms with E-state index in [0.29, 0.717) is 30.1 Å². The lowest BCUT2D eigenvalue weighted by Gasteiger charge is -2.48. The summed E-state index contributed by atoms with van der Waals surface area (Å²) in [5, 5.41) is 35.3. The summed E-state index contributed by atoms with van der Waals surface area (Å²) in [7, 11) is 2.89. The third-order valence-electron chi connectivity index (χ3n) is 9.89. The molecule has 3 aromatic rings. The number of carbonyl (C=O) groups is 1. The number of thiophene rings is 1. The van der Waals surface area contributed by atoms with E-state index >= 15 is 0 Å². The Labute approximate surface area is 268 Å². The molecule has 3 N–H and O–H groups in total. The average molecular weight is 655 g/mol. The van der Waals surface area contributed by atoms with Crippen LogP contribution in [-0.4, -0.2) is 79.9 Å². The molecule has 1 saturated carbocycles. The van der Waals surface area contributed by atoms with Gasteiger partial charge in [0.25, 0.3) is 0 Å². The molecule has 0 amide bonds. The Bertz CT molecular complexity index is 1600. The number of phenolic OH excluding ortho intramolecular Hbond substituents is 1. The molecule has 4 heterocycles. The maximum absolute atomic E-state index is 13.5. The summed E-state index contributed by atoms with van der Waals surface area (Å²) in [4.78, 5) is 14.4. The van der Waals surface area contributed by atoms with E-state index < -0.39 is 60.5 Å². The molecule has 244 valence electrons. The van der Waals surface area contributed by atoms with Gasteiger partial charge in [0.2, 0.25) is 12.5 Å². The summed E-state index contributed by atoms with van der Waals surface area (Å²) in [6, 6.07) is 10.9. The van der Waals surface area contributed by atoms with Crippen LogP contribution in [0, 0.1) is 17.8 Å². The topological polar surface area (TPSA) is 152 Å². The van der Waals surface area contributed by atoms with Crippen molar-refractivity contribution in [3.8, 4) is 28.7 Å². The predicted octanol–water partition coefficient (Wildman–Crippen LogP) is 3.42. The molecule has 2 aliphatic carbocycles. The van der Waals surface area contributed by atoms with Crippen molar-refractivity contribution in [1.29, 1.82) is 0 Å². The second-order valence-corrected chi connectivity index (χ2v) is 13.2. The number of cyclic esters (lactones) is 1. The number of ether oxygens (including phenoxy) is 8. The highest BCUT2D eigenvalue weighted by Gasteiger charge is 2.55. The number of hydrogen-bond donors (Lipinski definition) is 3. The van der Waals surface area contributed by atoms with Gasteiger partial charge in [-0.3, -0.25) is 4.79 Å². The second-order valence-electron chi connectivity index (χ2n) is 12.3. The highest BCUT2D eigenvalue weighted by Crippen LogP contribution is 2.57. The Kier molecular flexibility index (Phi) is 7.50. The normalized spacial score (nSPS) is 34.3. The standard InChI is InChI=1S/C33H34O12S/c1-38-21-6-14(7-22(39-2)27(21)34)25-16-9-19-20(43-13-42-19)10-17(16)31(18-12-40-32(37)26(18)25)44-23-8-15-11-41-33(24-4-3-5-46-24)45-30(15)29(36)28(23)35/h3-7,9-10,15,18,23,25-26,28-31,33-36H,8,11-13H2,1-2H3/t15-,18+,23?,25-,26+,28+,29-,30-,31-,33-/m1/s1. The van der Waals surface area contributed by atoms with Crippen molar-refractivity contribution in [3.63, 3.8) is 0 Å². The van der Waals surface area contributed by atoms with Crippen LogP contribution in [0.15, 0.2) is 41.8 Å². The van der Waals surface area contributed by atoms with Crippen molar-refractivity contribution in [1.82, 2.24) is 0 Å². The Morgan fingerprint density at radius 1 is 0.935 bits per heavy atom. The van der Waals surface area contributed by atoms with E-state index in [1.807, 2.05) is 29.6 Å². The van der Waals surface area contributed by atoms with Crippen LogP contribution >= 0.6 is 11.3 Å². The van der Waals surface area contributed by atoms with Gasteiger partial charge in [-0.2, -0.15) is 0 Å². The van der Waals surface area contributed by atoms with Crippen LogP contribution in [0.4, 0.5) is 0 Å². The predicted molar refractivity (Wildman–Crippen MR) is 159 cm³/mol. The zero-order valence-corrected chi connectivity index (χ0v) is 25.9. The number of benzene rings is 2. The fourth-order valence-corrected chi connectivity index (χ4v) is 8.40. The minimum absolute atomic E-state index is 0.0488. The minimum Gasteiger partial charge on any atom is -0.502 e. The van der Waals surface area contributed by atoms with Crippen LogP contribution < -0.4 is 18.9 Å². The third-order valence-corrected chi connectivity index (χ3v) is 10.8. The molecule has 0 radical (unpaired) electrons. The maximum Gasteiger partial charge on any atom is 0.310 e. The third kappa shape index (κ3) is 4.71. The van der Waals surface area contributed by atoms with E-state index in [1.165, 1.54) is 25.6 Å². The smallest absolute Gasteiger partial charge is 0.310 e. The summed E-state index contributed by atoms with van der Waals surface area (Å²) in [6.07, 6.45) is -4.80. The zero-order chi connectivity index (χ0) is 31.7. The van der Waals surface area contributed by atoms with Crippen molar-refractivity contribution >= 4 is 17.3 Å². The molecule has 8 rings (SSSR count). The molecule has 0 bridgehead atoms. The summed E-state index contributed by atoms with van der Waals surface area (Å²) in [5.74, 6) is -0.960. The van der Waals surface area contributed by atoms with Gasteiger partial charge in [0.15, 0.2) is 29.3 Å². The number of esters is 1. The molecule has 12 nitrogen and oxygen atoms in total. The molecule has 3 aliphatic heterocycles. The average Bonchev–Trinajstić information content (AvgIpc) is 3.85. The molecule has 1 unspecified atom stereocenters. The highest BCUT2D eigenvalue weighted by molar-refractivity contribution is 7.10. The largest absolute Gasteiger partial charge is 0.502 e. The van der Waals surface area contributed by atoms with Crippen molar-refractivity contribution in [2.75, 3.05) is 34.2 Å².